The van der Waals surface area contributed by atoms with E-state index in [2.05, 4.69) is 43.2 Å². The molecular formula is C18H10ClIN4O3S. The number of carbonyl (C=O) groups excluding carboxylic acids is 2. The van der Waals surface area contributed by atoms with Crippen LogP contribution in [0, 0.1) is 3.57 Å². The first-order valence-electron chi connectivity index (χ1n) is 7.96. The smallest absolute Gasteiger partial charge is 0.277 e. The molecule has 28 heavy (non-hydrogen) atoms. The largest absolute Gasteiger partial charge is 0.453 e. The summed E-state index contributed by atoms with van der Waals surface area (Å²) in [5.41, 5.74) is 1.33. The number of amides is 2. The summed E-state index contributed by atoms with van der Waals surface area (Å²) >= 11 is 12.9. The lowest BCUT2D eigenvalue weighted by Crippen LogP contribution is -2.60. The number of nitrogens with zero attached hydrogens (tertiary/aromatic N) is 2. The lowest BCUT2D eigenvalue weighted by atomic mass is 10.2. The SMILES string of the molecule is O=C1NC(=S)NC(=O)C1Oc1nc(-c2ccc(Cl)cc2)nc2ccc(I)cc12. The molecule has 1 saturated heterocycles. The van der Waals surface area contributed by atoms with E-state index in [1.165, 1.54) is 0 Å². The number of aromatic nitrogens is 2. The van der Waals surface area contributed by atoms with Crippen molar-refractivity contribution in [2.75, 3.05) is 0 Å². The fourth-order valence-electron chi connectivity index (χ4n) is 2.61. The van der Waals surface area contributed by atoms with Crippen molar-refractivity contribution in [3.05, 3.63) is 51.1 Å². The number of nitrogens with one attached hydrogen (secondary N) is 2. The Balaban J connectivity index is 1.82. The first kappa shape index (κ1) is 19.0. The fourth-order valence-corrected chi connectivity index (χ4v) is 3.43. The van der Waals surface area contributed by atoms with Crippen LogP contribution in [0.2, 0.25) is 5.02 Å². The molecule has 1 aliphatic rings. The standard InChI is InChI=1S/C18H10ClIN4O3S/c19-9-3-1-8(2-4-9)14-21-12-6-5-10(20)7-11(12)17(22-14)27-13-15(25)23-18(28)24-16(13)26/h1-7,13H,(H2,23,24,25,26,28). The molecule has 2 aromatic carbocycles. The summed E-state index contributed by atoms with van der Waals surface area (Å²) < 4.78 is 6.65. The van der Waals surface area contributed by atoms with Crippen LogP contribution in [0.5, 0.6) is 5.88 Å². The minimum absolute atomic E-state index is 0.0567. The predicted octanol–water partition coefficient (Wildman–Crippen LogP) is 2.83. The van der Waals surface area contributed by atoms with E-state index >= 15 is 0 Å². The third-order valence-corrected chi connectivity index (χ3v) is 5.03. The van der Waals surface area contributed by atoms with Crippen LogP contribution in [-0.4, -0.2) is 33.0 Å². The number of thiocarbonyl (C=S) groups is 1. The molecule has 0 radical (unpaired) electrons. The number of carbonyl (C=O) groups is 2. The van der Waals surface area contributed by atoms with Gasteiger partial charge >= 0.3 is 0 Å². The van der Waals surface area contributed by atoms with Gasteiger partial charge in [0.1, 0.15) is 0 Å². The zero-order valence-corrected chi connectivity index (χ0v) is 17.6. The van der Waals surface area contributed by atoms with Crippen molar-refractivity contribution < 1.29 is 14.3 Å². The van der Waals surface area contributed by atoms with Gasteiger partial charge in [-0.15, -0.1) is 0 Å². The molecule has 2 heterocycles. The average Bonchev–Trinajstić information content (AvgIpc) is 2.65. The highest BCUT2D eigenvalue weighted by Crippen LogP contribution is 2.29. The van der Waals surface area contributed by atoms with Gasteiger partial charge in [0.25, 0.3) is 17.9 Å². The van der Waals surface area contributed by atoms with E-state index in [0.717, 1.165) is 3.57 Å². The number of hydrogen-bond acceptors (Lipinski definition) is 6. The first-order valence-corrected chi connectivity index (χ1v) is 9.83. The van der Waals surface area contributed by atoms with Crippen LogP contribution in [0.25, 0.3) is 22.3 Å². The van der Waals surface area contributed by atoms with E-state index in [9.17, 15) is 9.59 Å². The van der Waals surface area contributed by atoms with Gasteiger partial charge in [0.2, 0.25) is 5.88 Å². The van der Waals surface area contributed by atoms with Crippen LogP contribution in [-0.2, 0) is 9.59 Å². The highest BCUT2D eigenvalue weighted by atomic mass is 127. The topological polar surface area (TPSA) is 93.2 Å². The zero-order valence-electron chi connectivity index (χ0n) is 13.9. The van der Waals surface area contributed by atoms with Crippen molar-refractivity contribution in [3.63, 3.8) is 0 Å². The number of rotatable bonds is 3. The lowest BCUT2D eigenvalue weighted by molar-refractivity contribution is -0.139. The van der Waals surface area contributed by atoms with Crippen molar-refractivity contribution in [3.8, 4) is 17.3 Å². The molecule has 0 bridgehead atoms. The maximum absolute atomic E-state index is 12.2. The van der Waals surface area contributed by atoms with Crippen LogP contribution in [0.15, 0.2) is 42.5 Å². The Morgan fingerprint density at radius 2 is 1.71 bits per heavy atom. The summed E-state index contributed by atoms with van der Waals surface area (Å²) in [7, 11) is 0. The molecule has 0 aliphatic carbocycles. The van der Waals surface area contributed by atoms with Crippen molar-refractivity contribution in [2.45, 2.75) is 6.10 Å². The number of halogens is 2. The quantitative estimate of drug-likeness (QED) is 0.311. The first-order chi connectivity index (χ1) is 13.4. The Labute approximate surface area is 183 Å². The summed E-state index contributed by atoms with van der Waals surface area (Å²) in [4.78, 5) is 33.4. The number of ether oxygens (including phenoxy) is 1. The van der Waals surface area contributed by atoms with Gasteiger partial charge in [0.05, 0.1) is 10.9 Å². The molecular weight excluding hydrogens is 515 g/mol. The summed E-state index contributed by atoms with van der Waals surface area (Å²) in [5.74, 6) is -0.803. The molecule has 0 spiro atoms. The molecule has 10 heteroatoms. The highest BCUT2D eigenvalue weighted by molar-refractivity contribution is 14.1. The molecule has 0 saturated carbocycles. The molecule has 1 aromatic heterocycles. The molecule has 2 N–H and O–H groups in total. The van der Waals surface area contributed by atoms with Crippen molar-refractivity contribution in [2.24, 2.45) is 0 Å². The molecule has 4 rings (SSSR count). The molecule has 0 unspecified atom stereocenters. The van der Waals surface area contributed by atoms with Crippen LogP contribution >= 0.6 is 46.4 Å². The zero-order chi connectivity index (χ0) is 19.8. The Morgan fingerprint density at radius 3 is 2.39 bits per heavy atom. The molecule has 2 amide bonds. The molecule has 1 aliphatic heterocycles. The normalized spacial score (nSPS) is 14.7. The van der Waals surface area contributed by atoms with Crippen molar-refractivity contribution >= 4 is 74.2 Å². The molecule has 1 fully saturated rings. The van der Waals surface area contributed by atoms with Gasteiger partial charge in [-0.25, -0.2) is 4.98 Å². The van der Waals surface area contributed by atoms with Gasteiger partial charge in [-0.3, -0.25) is 20.2 Å². The third kappa shape index (κ3) is 3.77. The van der Waals surface area contributed by atoms with Crippen LogP contribution in [0.1, 0.15) is 0 Å². The average molecular weight is 525 g/mol. The Kier molecular flexibility index (Phi) is 5.13. The molecule has 7 nitrogen and oxygen atoms in total. The highest BCUT2D eigenvalue weighted by Gasteiger charge is 2.35. The molecule has 3 aromatic rings. The fraction of sp³-hybridized carbons (Fsp3) is 0.0556. The number of benzene rings is 2. The second-order valence-corrected chi connectivity index (χ2v) is 7.92. The predicted molar refractivity (Wildman–Crippen MR) is 116 cm³/mol. The van der Waals surface area contributed by atoms with Gasteiger partial charge in [0, 0.05) is 14.2 Å². The Bertz CT molecular complexity index is 1120. The summed E-state index contributed by atoms with van der Waals surface area (Å²) in [6, 6.07) is 12.5. The van der Waals surface area contributed by atoms with E-state index in [1.54, 1.807) is 24.3 Å². The summed E-state index contributed by atoms with van der Waals surface area (Å²) in [6.07, 6.45) is -1.42. The van der Waals surface area contributed by atoms with Crippen LogP contribution < -0.4 is 15.4 Å². The maximum atomic E-state index is 12.2. The molecule has 0 atom stereocenters. The third-order valence-electron chi connectivity index (χ3n) is 3.90. The minimum atomic E-state index is -1.42. The van der Waals surface area contributed by atoms with E-state index in [4.69, 9.17) is 28.6 Å². The maximum Gasteiger partial charge on any atom is 0.277 e. The van der Waals surface area contributed by atoms with E-state index in [-0.39, 0.29) is 11.0 Å². The monoisotopic (exact) mass is 524 g/mol. The lowest BCUT2D eigenvalue weighted by Gasteiger charge is -2.23. The summed E-state index contributed by atoms with van der Waals surface area (Å²) in [5, 5.41) is 5.85. The Morgan fingerprint density at radius 1 is 1.04 bits per heavy atom. The number of fused-ring (bicyclic) bond motifs is 1. The van der Waals surface area contributed by atoms with E-state index < -0.39 is 17.9 Å². The second-order valence-electron chi connectivity index (χ2n) is 5.83. The van der Waals surface area contributed by atoms with Gasteiger partial charge < -0.3 is 4.74 Å². The van der Waals surface area contributed by atoms with Crippen LogP contribution in [0.3, 0.4) is 0 Å². The number of hydrogen-bond donors (Lipinski definition) is 2. The van der Waals surface area contributed by atoms with Gasteiger partial charge in [0.15, 0.2) is 10.9 Å². The van der Waals surface area contributed by atoms with Gasteiger partial charge in [-0.05, 0) is 77.3 Å². The van der Waals surface area contributed by atoms with Crippen molar-refractivity contribution in [1.82, 2.24) is 20.6 Å². The summed E-state index contributed by atoms with van der Waals surface area (Å²) in [6.45, 7) is 0. The van der Waals surface area contributed by atoms with Gasteiger partial charge in [-0.2, -0.15) is 4.98 Å². The van der Waals surface area contributed by atoms with Gasteiger partial charge in [-0.1, -0.05) is 11.6 Å². The van der Waals surface area contributed by atoms with E-state index in [0.29, 0.717) is 27.3 Å². The van der Waals surface area contributed by atoms with E-state index in [1.807, 2.05) is 18.2 Å². The molecule has 140 valence electrons. The Hall–Kier alpha value is -2.37. The van der Waals surface area contributed by atoms with Crippen LogP contribution in [0.4, 0.5) is 0 Å². The minimum Gasteiger partial charge on any atom is -0.453 e. The van der Waals surface area contributed by atoms with Crippen molar-refractivity contribution in [1.29, 1.82) is 0 Å². The second kappa shape index (κ2) is 7.57.